The minimum Gasteiger partial charge on any atom is -0.369 e. The molecule has 0 bridgehead atoms. The van der Waals surface area contributed by atoms with Gasteiger partial charge in [0.2, 0.25) is 0 Å². The lowest BCUT2D eigenvalue weighted by atomic mass is 10.0. The van der Waals surface area contributed by atoms with Gasteiger partial charge in [-0.2, -0.15) is 0 Å². The zero-order valence-electron chi connectivity index (χ0n) is 11.3. The summed E-state index contributed by atoms with van der Waals surface area (Å²) in [5.41, 5.74) is 1.16. The summed E-state index contributed by atoms with van der Waals surface area (Å²) < 4.78 is 0. The van der Waals surface area contributed by atoms with Crippen molar-refractivity contribution in [3.8, 4) is 0 Å². The van der Waals surface area contributed by atoms with E-state index in [4.69, 9.17) is 0 Å². The zero-order valence-corrected chi connectivity index (χ0v) is 11.3. The van der Waals surface area contributed by atoms with Crippen LogP contribution in [0.2, 0.25) is 0 Å². The second-order valence-electron chi connectivity index (χ2n) is 4.62. The Morgan fingerprint density at radius 3 is 2.74 bits per heavy atom. The molecule has 2 N–H and O–H groups in total. The molecule has 0 fully saturated rings. The van der Waals surface area contributed by atoms with Gasteiger partial charge in [0.1, 0.15) is 11.6 Å². The molecular formula is C15H19N3O. The molecule has 0 saturated carbocycles. The summed E-state index contributed by atoms with van der Waals surface area (Å²) >= 11 is 0. The molecule has 0 spiro atoms. The number of hydrogen-bond acceptors (Lipinski definition) is 3. The van der Waals surface area contributed by atoms with Gasteiger partial charge in [-0.3, -0.25) is 4.79 Å². The first-order chi connectivity index (χ1) is 9.19. The smallest absolute Gasteiger partial charge is 0.252 e. The van der Waals surface area contributed by atoms with Crippen LogP contribution in [0.1, 0.15) is 31.2 Å². The summed E-state index contributed by atoms with van der Waals surface area (Å²) in [4.78, 5) is 18.5. The molecule has 1 unspecified atom stereocenters. The number of nitrogens with one attached hydrogen (secondary N) is 2. The second kappa shape index (κ2) is 6.18. The molecule has 0 aliphatic rings. The number of benzene rings is 1. The van der Waals surface area contributed by atoms with Crippen molar-refractivity contribution in [2.45, 2.75) is 26.2 Å². The van der Waals surface area contributed by atoms with Crippen LogP contribution in [0.3, 0.4) is 0 Å². The molecule has 1 atom stereocenters. The molecule has 0 saturated heterocycles. The fraction of sp³-hybridized carbons (Fsp3) is 0.333. The highest BCUT2D eigenvalue weighted by atomic mass is 16.1. The highest BCUT2D eigenvalue weighted by molar-refractivity contribution is 5.34. The average Bonchev–Trinajstić information content (AvgIpc) is 2.45. The van der Waals surface area contributed by atoms with Crippen LogP contribution in [0.15, 0.2) is 41.2 Å². The lowest BCUT2D eigenvalue weighted by Crippen LogP contribution is -2.16. The molecule has 0 radical (unpaired) electrons. The summed E-state index contributed by atoms with van der Waals surface area (Å²) in [7, 11) is 0. The average molecular weight is 257 g/mol. The number of aryl methyl sites for hydroxylation is 1. The van der Waals surface area contributed by atoms with E-state index in [1.165, 1.54) is 11.6 Å². The molecule has 19 heavy (non-hydrogen) atoms. The molecule has 1 heterocycles. The van der Waals surface area contributed by atoms with Crippen LogP contribution >= 0.6 is 0 Å². The molecule has 2 rings (SSSR count). The Kier molecular flexibility index (Phi) is 4.34. The molecule has 4 nitrogen and oxygen atoms in total. The SMILES string of the molecule is CCc1nc(NCC(C)c2ccccc2)cc(=O)[nH]1. The molecular weight excluding hydrogens is 238 g/mol. The van der Waals surface area contributed by atoms with Crippen molar-refractivity contribution in [1.82, 2.24) is 9.97 Å². The quantitative estimate of drug-likeness (QED) is 0.865. The Balaban J connectivity index is 2.03. The monoisotopic (exact) mass is 257 g/mol. The minimum atomic E-state index is -0.110. The molecule has 1 aromatic heterocycles. The van der Waals surface area contributed by atoms with Crippen molar-refractivity contribution in [3.05, 3.63) is 58.1 Å². The third kappa shape index (κ3) is 3.68. The lowest BCUT2D eigenvalue weighted by Gasteiger charge is -2.13. The largest absolute Gasteiger partial charge is 0.369 e. The Bertz CT molecular complexity index is 577. The van der Waals surface area contributed by atoms with Crippen LogP contribution in [-0.2, 0) is 6.42 Å². The summed E-state index contributed by atoms with van der Waals surface area (Å²) in [6, 6.07) is 11.8. The van der Waals surface area contributed by atoms with Crippen molar-refractivity contribution >= 4 is 5.82 Å². The van der Waals surface area contributed by atoms with Gasteiger partial charge in [-0.1, -0.05) is 44.2 Å². The van der Waals surface area contributed by atoms with Gasteiger partial charge in [0.15, 0.2) is 0 Å². The molecule has 4 heteroatoms. The maximum Gasteiger partial charge on any atom is 0.252 e. The van der Waals surface area contributed by atoms with Crippen molar-refractivity contribution in [3.63, 3.8) is 0 Å². The van der Waals surface area contributed by atoms with Crippen molar-refractivity contribution in [2.24, 2.45) is 0 Å². The van der Waals surface area contributed by atoms with Gasteiger partial charge >= 0.3 is 0 Å². The normalized spacial score (nSPS) is 12.1. The highest BCUT2D eigenvalue weighted by Gasteiger charge is 2.06. The van der Waals surface area contributed by atoms with E-state index in [9.17, 15) is 4.79 Å². The van der Waals surface area contributed by atoms with Crippen LogP contribution in [0.5, 0.6) is 0 Å². The van der Waals surface area contributed by atoms with Gasteiger partial charge in [-0.25, -0.2) is 4.98 Å². The minimum absolute atomic E-state index is 0.110. The molecule has 2 aromatic rings. The van der Waals surface area contributed by atoms with E-state index >= 15 is 0 Å². The Labute approximate surface area is 112 Å². The summed E-state index contributed by atoms with van der Waals surface area (Å²) in [6.07, 6.45) is 0.721. The number of aromatic amines is 1. The number of rotatable bonds is 5. The van der Waals surface area contributed by atoms with Crippen molar-refractivity contribution < 1.29 is 0 Å². The number of H-pyrrole nitrogens is 1. The van der Waals surface area contributed by atoms with E-state index in [2.05, 4.69) is 34.3 Å². The van der Waals surface area contributed by atoms with Gasteiger partial charge in [0.25, 0.3) is 5.56 Å². The molecule has 0 aliphatic carbocycles. The van der Waals surface area contributed by atoms with Crippen LogP contribution in [-0.4, -0.2) is 16.5 Å². The molecule has 0 aliphatic heterocycles. The maximum atomic E-state index is 11.4. The third-order valence-corrected chi connectivity index (χ3v) is 3.08. The van der Waals surface area contributed by atoms with E-state index in [1.807, 2.05) is 25.1 Å². The van der Waals surface area contributed by atoms with Crippen molar-refractivity contribution in [1.29, 1.82) is 0 Å². The maximum absolute atomic E-state index is 11.4. The van der Waals surface area contributed by atoms with E-state index < -0.39 is 0 Å². The number of anilines is 1. The Morgan fingerprint density at radius 2 is 2.05 bits per heavy atom. The Hall–Kier alpha value is -2.10. The first-order valence-electron chi connectivity index (χ1n) is 6.58. The summed E-state index contributed by atoms with van der Waals surface area (Å²) in [5, 5.41) is 3.23. The lowest BCUT2D eigenvalue weighted by molar-refractivity contribution is 0.797. The second-order valence-corrected chi connectivity index (χ2v) is 4.62. The van der Waals surface area contributed by atoms with Crippen LogP contribution in [0.4, 0.5) is 5.82 Å². The van der Waals surface area contributed by atoms with E-state index in [0.29, 0.717) is 17.6 Å². The van der Waals surface area contributed by atoms with Crippen LogP contribution in [0, 0.1) is 0 Å². The number of aromatic nitrogens is 2. The van der Waals surface area contributed by atoms with E-state index in [0.717, 1.165) is 13.0 Å². The predicted octanol–water partition coefficient (Wildman–Crippen LogP) is 2.55. The van der Waals surface area contributed by atoms with Gasteiger partial charge in [-0.05, 0) is 11.5 Å². The standard InChI is InChI=1S/C15H19N3O/c1-3-13-17-14(9-15(19)18-13)16-10-11(2)12-7-5-4-6-8-12/h4-9,11H,3,10H2,1-2H3,(H2,16,17,18,19). The molecule has 0 amide bonds. The first-order valence-corrected chi connectivity index (χ1v) is 6.58. The van der Waals surface area contributed by atoms with Crippen LogP contribution in [0.25, 0.3) is 0 Å². The predicted molar refractivity (Wildman–Crippen MR) is 77.6 cm³/mol. The Morgan fingerprint density at radius 1 is 1.32 bits per heavy atom. The number of hydrogen-bond donors (Lipinski definition) is 2. The topological polar surface area (TPSA) is 57.8 Å². The van der Waals surface area contributed by atoms with Gasteiger partial charge in [-0.15, -0.1) is 0 Å². The van der Waals surface area contributed by atoms with Crippen LogP contribution < -0.4 is 10.9 Å². The molecule has 100 valence electrons. The fourth-order valence-corrected chi connectivity index (χ4v) is 1.92. The third-order valence-electron chi connectivity index (χ3n) is 3.08. The summed E-state index contributed by atoms with van der Waals surface area (Å²) in [5.74, 6) is 1.72. The zero-order chi connectivity index (χ0) is 13.7. The van der Waals surface area contributed by atoms with E-state index in [1.54, 1.807) is 0 Å². The van der Waals surface area contributed by atoms with Crippen molar-refractivity contribution in [2.75, 3.05) is 11.9 Å². The highest BCUT2D eigenvalue weighted by Crippen LogP contribution is 2.14. The number of nitrogens with zero attached hydrogens (tertiary/aromatic N) is 1. The summed E-state index contributed by atoms with van der Waals surface area (Å²) in [6.45, 7) is 4.87. The van der Waals surface area contributed by atoms with Gasteiger partial charge in [0, 0.05) is 19.0 Å². The molecule has 1 aromatic carbocycles. The fourth-order valence-electron chi connectivity index (χ4n) is 1.92. The first kappa shape index (κ1) is 13.3. The van der Waals surface area contributed by atoms with Gasteiger partial charge < -0.3 is 10.3 Å². The van der Waals surface area contributed by atoms with Gasteiger partial charge in [0.05, 0.1) is 0 Å². The van der Waals surface area contributed by atoms with E-state index in [-0.39, 0.29) is 5.56 Å².